The van der Waals surface area contributed by atoms with Crippen molar-refractivity contribution >= 4 is 0 Å². The molecule has 0 amide bonds. The Labute approximate surface area is 75.2 Å². The minimum atomic E-state index is 0.851. The van der Waals surface area contributed by atoms with Gasteiger partial charge in [-0.1, -0.05) is 25.0 Å². The van der Waals surface area contributed by atoms with Gasteiger partial charge in [-0.2, -0.15) is 0 Å². The highest BCUT2D eigenvalue weighted by Gasteiger charge is 2.49. The van der Waals surface area contributed by atoms with Gasteiger partial charge in [0.15, 0.2) is 0 Å². The normalized spacial score (nSPS) is 38.9. The van der Waals surface area contributed by atoms with E-state index in [-0.39, 0.29) is 0 Å². The molecule has 12 heavy (non-hydrogen) atoms. The predicted molar refractivity (Wildman–Crippen MR) is 52.1 cm³/mol. The van der Waals surface area contributed by atoms with Crippen molar-refractivity contribution in [1.82, 2.24) is 5.32 Å². The van der Waals surface area contributed by atoms with Crippen LogP contribution in [0.5, 0.6) is 0 Å². The van der Waals surface area contributed by atoms with Gasteiger partial charge < -0.3 is 5.32 Å². The number of hydrogen-bond donors (Lipinski definition) is 1. The molecule has 2 aliphatic rings. The van der Waals surface area contributed by atoms with E-state index in [1.165, 1.54) is 31.3 Å². The zero-order chi connectivity index (χ0) is 8.55. The maximum Gasteiger partial charge on any atom is 0.0161 e. The summed E-state index contributed by atoms with van der Waals surface area (Å²) in [5.74, 6) is 2.05. The molecule has 0 heterocycles. The highest BCUT2D eigenvalue weighted by Crippen LogP contribution is 2.49. The van der Waals surface area contributed by atoms with Gasteiger partial charge in [0.25, 0.3) is 0 Å². The largest absolute Gasteiger partial charge is 0.310 e. The topological polar surface area (TPSA) is 12.0 Å². The molecule has 2 rings (SSSR count). The molecule has 68 valence electrons. The van der Waals surface area contributed by atoms with Gasteiger partial charge in [-0.05, 0) is 31.6 Å². The molecule has 1 heteroatoms. The zero-order valence-corrected chi connectivity index (χ0v) is 7.97. The predicted octanol–water partition coefficient (Wildman–Crippen LogP) is 2.34. The molecule has 0 aromatic rings. The first-order valence-electron chi connectivity index (χ1n) is 5.17. The van der Waals surface area contributed by atoms with Crippen LogP contribution in [0.3, 0.4) is 0 Å². The van der Waals surface area contributed by atoms with Crippen LogP contribution in [-0.4, -0.2) is 12.6 Å². The van der Waals surface area contributed by atoms with Crippen molar-refractivity contribution in [2.24, 2.45) is 11.8 Å². The lowest BCUT2D eigenvalue weighted by Gasteiger charge is -2.04. The van der Waals surface area contributed by atoms with Crippen LogP contribution in [0, 0.1) is 11.8 Å². The molecule has 0 bridgehead atoms. The fraction of sp³-hybridized carbons (Fsp3) is 0.818. The third-order valence-corrected chi connectivity index (χ3v) is 3.30. The molecule has 2 aliphatic carbocycles. The van der Waals surface area contributed by atoms with E-state index in [0.717, 1.165) is 24.4 Å². The second-order valence-electron chi connectivity index (χ2n) is 4.48. The molecular formula is C11H19N. The summed E-state index contributed by atoms with van der Waals surface area (Å²) in [5, 5.41) is 3.60. The lowest BCUT2D eigenvalue weighted by molar-refractivity contribution is 0.480. The van der Waals surface area contributed by atoms with Gasteiger partial charge in [-0.3, -0.25) is 0 Å². The van der Waals surface area contributed by atoms with Crippen LogP contribution < -0.4 is 5.32 Å². The average molecular weight is 165 g/mol. The molecule has 1 N–H and O–H groups in total. The van der Waals surface area contributed by atoms with Crippen LogP contribution in [0.1, 0.15) is 32.6 Å². The molecule has 2 atom stereocenters. The standard InChI is InChI=1S/C11H19N/c1-8(2)7-12-11-9-5-3-4-6-10(9)11/h9-12H,1,3-7H2,2H3. The molecule has 0 aromatic heterocycles. The first-order chi connectivity index (χ1) is 5.79. The Morgan fingerprint density at radius 1 is 1.33 bits per heavy atom. The van der Waals surface area contributed by atoms with Gasteiger partial charge in [0.1, 0.15) is 0 Å². The third kappa shape index (κ3) is 1.56. The molecule has 0 aromatic carbocycles. The van der Waals surface area contributed by atoms with Gasteiger partial charge in [0.05, 0.1) is 0 Å². The molecule has 1 nitrogen and oxygen atoms in total. The Balaban J connectivity index is 1.74. The fourth-order valence-corrected chi connectivity index (χ4v) is 2.59. The molecule has 0 radical (unpaired) electrons. The van der Waals surface area contributed by atoms with Gasteiger partial charge in [0.2, 0.25) is 0 Å². The highest BCUT2D eigenvalue weighted by molar-refractivity contribution is 5.06. The van der Waals surface area contributed by atoms with Crippen molar-refractivity contribution in [1.29, 1.82) is 0 Å². The zero-order valence-electron chi connectivity index (χ0n) is 7.97. The Kier molecular flexibility index (Phi) is 2.22. The molecule has 0 aliphatic heterocycles. The van der Waals surface area contributed by atoms with Crippen LogP contribution in [0.25, 0.3) is 0 Å². The molecule has 2 unspecified atom stereocenters. The number of fused-ring (bicyclic) bond motifs is 1. The molecule has 2 saturated carbocycles. The van der Waals surface area contributed by atoms with E-state index in [1.807, 2.05) is 0 Å². The lowest BCUT2D eigenvalue weighted by atomic mass is 10.0. The summed E-state index contributed by atoms with van der Waals surface area (Å²) < 4.78 is 0. The van der Waals surface area contributed by atoms with E-state index in [4.69, 9.17) is 0 Å². The van der Waals surface area contributed by atoms with E-state index >= 15 is 0 Å². The van der Waals surface area contributed by atoms with Crippen molar-refractivity contribution in [2.45, 2.75) is 38.6 Å². The Morgan fingerprint density at radius 3 is 2.42 bits per heavy atom. The summed E-state index contributed by atoms with van der Waals surface area (Å²) in [6, 6.07) is 0.851. The first kappa shape index (κ1) is 8.31. The number of rotatable bonds is 3. The van der Waals surface area contributed by atoms with E-state index in [1.54, 1.807) is 0 Å². The van der Waals surface area contributed by atoms with E-state index < -0.39 is 0 Å². The van der Waals surface area contributed by atoms with Gasteiger partial charge in [-0.15, -0.1) is 0 Å². The molecule has 0 spiro atoms. The summed E-state index contributed by atoms with van der Waals surface area (Å²) in [6.45, 7) is 7.03. The first-order valence-corrected chi connectivity index (χ1v) is 5.17. The Bertz CT molecular complexity index is 173. The molecular weight excluding hydrogens is 146 g/mol. The van der Waals surface area contributed by atoms with Crippen LogP contribution in [0.4, 0.5) is 0 Å². The number of nitrogens with one attached hydrogen (secondary N) is 1. The molecule has 0 saturated heterocycles. The summed E-state index contributed by atoms with van der Waals surface area (Å²) in [5.41, 5.74) is 1.26. The monoisotopic (exact) mass is 165 g/mol. The fourth-order valence-electron chi connectivity index (χ4n) is 2.59. The quantitative estimate of drug-likeness (QED) is 0.633. The van der Waals surface area contributed by atoms with Crippen LogP contribution >= 0.6 is 0 Å². The third-order valence-electron chi connectivity index (χ3n) is 3.30. The summed E-state index contributed by atoms with van der Waals surface area (Å²) in [4.78, 5) is 0. The van der Waals surface area contributed by atoms with Crippen molar-refractivity contribution in [3.63, 3.8) is 0 Å². The minimum Gasteiger partial charge on any atom is -0.310 e. The molecule has 2 fully saturated rings. The Morgan fingerprint density at radius 2 is 1.92 bits per heavy atom. The average Bonchev–Trinajstić information content (AvgIpc) is 2.74. The van der Waals surface area contributed by atoms with Crippen LogP contribution in [0.15, 0.2) is 12.2 Å². The van der Waals surface area contributed by atoms with Gasteiger partial charge >= 0.3 is 0 Å². The van der Waals surface area contributed by atoms with E-state index in [9.17, 15) is 0 Å². The second-order valence-corrected chi connectivity index (χ2v) is 4.48. The smallest absolute Gasteiger partial charge is 0.0161 e. The SMILES string of the molecule is C=C(C)CNC1C2CCCCC21. The summed E-state index contributed by atoms with van der Waals surface area (Å²) in [6.07, 6.45) is 5.87. The maximum absolute atomic E-state index is 3.91. The van der Waals surface area contributed by atoms with Gasteiger partial charge in [-0.25, -0.2) is 0 Å². The van der Waals surface area contributed by atoms with Crippen molar-refractivity contribution in [2.75, 3.05) is 6.54 Å². The summed E-state index contributed by atoms with van der Waals surface area (Å²) >= 11 is 0. The van der Waals surface area contributed by atoms with Crippen molar-refractivity contribution in [3.8, 4) is 0 Å². The van der Waals surface area contributed by atoms with Crippen LogP contribution in [0.2, 0.25) is 0 Å². The second kappa shape index (κ2) is 3.21. The maximum atomic E-state index is 3.91. The summed E-state index contributed by atoms with van der Waals surface area (Å²) in [7, 11) is 0. The highest BCUT2D eigenvalue weighted by atomic mass is 15.0. The van der Waals surface area contributed by atoms with E-state index in [0.29, 0.717) is 0 Å². The minimum absolute atomic E-state index is 0.851. The number of hydrogen-bond acceptors (Lipinski definition) is 1. The van der Waals surface area contributed by atoms with Gasteiger partial charge in [0, 0.05) is 12.6 Å². The van der Waals surface area contributed by atoms with Crippen LogP contribution in [-0.2, 0) is 0 Å². The van der Waals surface area contributed by atoms with E-state index in [2.05, 4.69) is 18.8 Å². The lowest BCUT2D eigenvalue weighted by Crippen LogP contribution is -2.20. The van der Waals surface area contributed by atoms with Crippen molar-refractivity contribution in [3.05, 3.63) is 12.2 Å². The van der Waals surface area contributed by atoms with Crippen molar-refractivity contribution < 1.29 is 0 Å². The Hall–Kier alpha value is -0.300.